The van der Waals surface area contributed by atoms with E-state index in [0.29, 0.717) is 11.1 Å². The van der Waals surface area contributed by atoms with Crippen LogP contribution < -0.4 is 10.9 Å². The summed E-state index contributed by atoms with van der Waals surface area (Å²) in [6.07, 6.45) is 3.49. The van der Waals surface area contributed by atoms with Gasteiger partial charge in [-0.05, 0) is 31.4 Å². The highest BCUT2D eigenvalue weighted by molar-refractivity contribution is 5.88. The third-order valence-corrected chi connectivity index (χ3v) is 5.90. The van der Waals surface area contributed by atoms with E-state index in [1.807, 2.05) is 24.3 Å². The number of nitrogens with zero attached hydrogens (tertiary/aromatic N) is 1. The first-order valence-corrected chi connectivity index (χ1v) is 9.41. The van der Waals surface area contributed by atoms with Crippen LogP contribution in [-0.4, -0.2) is 22.1 Å². The highest BCUT2D eigenvalue weighted by atomic mass is 16.1. The summed E-state index contributed by atoms with van der Waals surface area (Å²) in [6, 6.07) is 17.7. The molecule has 5 heteroatoms. The molecule has 1 amide bonds. The Bertz CT molecular complexity index is 1020. The van der Waals surface area contributed by atoms with Gasteiger partial charge in [0.05, 0.1) is 17.5 Å². The lowest BCUT2D eigenvalue weighted by atomic mass is 9.60. The number of hydrogen-bond acceptors (Lipinski definition) is 3. The molecular weight excluding hydrogens is 338 g/mol. The van der Waals surface area contributed by atoms with Crippen molar-refractivity contribution in [3.8, 4) is 0 Å². The summed E-state index contributed by atoms with van der Waals surface area (Å²) >= 11 is 0. The van der Waals surface area contributed by atoms with Gasteiger partial charge in [0.15, 0.2) is 0 Å². The summed E-state index contributed by atoms with van der Waals surface area (Å²) in [7, 11) is 0. The molecule has 5 nitrogen and oxygen atoms in total. The third kappa shape index (κ3) is 3.14. The second-order valence-corrected chi connectivity index (χ2v) is 7.39. The maximum atomic E-state index is 12.7. The van der Waals surface area contributed by atoms with E-state index in [1.165, 1.54) is 12.0 Å². The second-order valence-electron chi connectivity index (χ2n) is 7.39. The predicted octanol–water partition coefficient (Wildman–Crippen LogP) is 3.09. The monoisotopic (exact) mass is 361 g/mol. The molecule has 1 heterocycles. The van der Waals surface area contributed by atoms with Crippen LogP contribution in [0.25, 0.3) is 10.8 Å². The van der Waals surface area contributed by atoms with E-state index in [9.17, 15) is 9.59 Å². The minimum atomic E-state index is -0.236. The van der Waals surface area contributed by atoms with E-state index in [0.717, 1.165) is 18.2 Å². The Morgan fingerprint density at radius 3 is 2.44 bits per heavy atom. The highest BCUT2D eigenvalue weighted by Crippen LogP contribution is 2.46. The number of H-pyrrole nitrogens is 1. The van der Waals surface area contributed by atoms with Crippen molar-refractivity contribution in [2.75, 3.05) is 0 Å². The lowest BCUT2D eigenvalue weighted by Crippen LogP contribution is -2.53. The van der Waals surface area contributed by atoms with Gasteiger partial charge in [0.2, 0.25) is 5.91 Å². The SMILES string of the molecule is CC(NC(=O)Cc1n[nH]c(=O)c2ccccc12)C1(c2ccccc2)CCC1. The molecule has 1 aliphatic rings. The zero-order valence-electron chi connectivity index (χ0n) is 15.4. The van der Waals surface area contributed by atoms with Gasteiger partial charge in [-0.25, -0.2) is 5.10 Å². The fourth-order valence-corrected chi connectivity index (χ4v) is 4.19. The van der Waals surface area contributed by atoms with Crippen LogP contribution in [0.5, 0.6) is 0 Å². The number of carbonyl (C=O) groups excluding carboxylic acids is 1. The van der Waals surface area contributed by atoms with Gasteiger partial charge in [-0.3, -0.25) is 9.59 Å². The van der Waals surface area contributed by atoms with Crippen LogP contribution in [0, 0.1) is 0 Å². The van der Waals surface area contributed by atoms with Gasteiger partial charge in [0, 0.05) is 16.8 Å². The first-order chi connectivity index (χ1) is 13.1. The van der Waals surface area contributed by atoms with Crippen molar-refractivity contribution in [3.05, 3.63) is 76.2 Å². The lowest BCUT2D eigenvalue weighted by molar-refractivity contribution is -0.121. The van der Waals surface area contributed by atoms with Gasteiger partial charge < -0.3 is 5.32 Å². The van der Waals surface area contributed by atoms with Gasteiger partial charge in [-0.15, -0.1) is 0 Å². The number of carbonyl (C=O) groups is 1. The molecule has 1 saturated carbocycles. The molecule has 0 radical (unpaired) electrons. The number of aromatic amines is 1. The number of hydrogen-bond donors (Lipinski definition) is 2. The molecule has 0 spiro atoms. The lowest BCUT2D eigenvalue weighted by Gasteiger charge is -2.47. The molecule has 0 saturated heterocycles. The molecular formula is C22H23N3O2. The zero-order chi connectivity index (χ0) is 18.9. The Hall–Kier alpha value is -2.95. The number of benzene rings is 2. The molecule has 2 aromatic carbocycles. The zero-order valence-corrected chi connectivity index (χ0v) is 15.4. The number of aromatic nitrogens is 2. The van der Waals surface area contributed by atoms with E-state index in [-0.39, 0.29) is 29.3 Å². The van der Waals surface area contributed by atoms with E-state index in [1.54, 1.807) is 6.07 Å². The van der Waals surface area contributed by atoms with Crippen molar-refractivity contribution in [1.29, 1.82) is 0 Å². The van der Waals surface area contributed by atoms with Gasteiger partial charge in [-0.1, -0.05) is 55.0 Å². The van der Waals surface area contributed by atoms with Crippen LogP contribution in [0.4, 0.5) is 0 Å². The minimum Gasteiger partial charge on any atom is -0.352 e. The quantitative estimate of drug-likeness (QED) is 0.733. The number of amides is 1. The van der Waals surface area contributed by atoms with Crippen molar-refractivity contribution < 1.29 is 4.79 Å². The maximum absolute atomic E-state index is 12.7. The summed E-state index contributed by atoms with van der Waals surface area (Å²) in [5, 5.41) is 11.1. The highest BCUT2D eigenvalue weighted by Gasteiger charge is 2.43. The Morgan fingerprint density at radius 1 is 1.11 bits per heavy atom. The van der Waals surface area contributed by atoms with Crippen LogP contribution in [0.2, 0.25) is 0 Å². The van der Waals surface area contributed by atoms with E-state index >= 15 is 0 Å². The summed E-state index contributed by atoms with van der Waals surface area (Å²) in [6.45, 7) is 2.09. The number of rotatable bonds is 5. The van der Waals surface area contributed by atoms with Crippen LogP contribution in [0.1, 0.15) is 37.4 Å². The number of fused-ring (bicyclic) bond motifs is 1. The van der Waals surface area contributed by atoms with Crippen molar-refractivity contribution in [1.82, 2.24) is 15.5 Å². The average Bonchev–Trinajstić information content (AvgIpc) is 2.64. The van der Waals surface area contributed by atoms with Crippen molar-refractivity contribution >= 4 is 16.7 Å². The molecule has 1 fully saturated rings. The first kappa shape index (κ1) is 17.5. The standard InChI is InChI=1S/C22H23N3O2/c1-15(22(12-7-13-22)16-8-3-2-4-9-16)23-20(26)14-19-17-10-5-6-11-18(17)21(27)25-24-19/h2-6,8-11,15H,7,12-14H2,1H3,(H,23,26)(H,25,27). The topological polar surface area (TPSA) is 74.8 Å². The van der Waals surface area contributed by atoms with Crippen LogP contribution in [0.15, 0.2) is 59.4 Å². The average molecular weight is 361 g/mol. The van der Waals surface area contributed by atoms with Crippen molar-refractivity contribution in [3.63, 3.8) is 0 Å². The fourth-order valence-electron chi connectivity index (χ4n) is 4.19. The Kier molecular flexibility index (Phi) is 4.52. The fraction of sp³-hybridized carbons (Fsp3) is 0.318. The van der Waals surface area contributed by atoms with E-state index in [4.69, 9.17) is 0 Å². The molecule has 1 unspecified atom stereocenters. The molecule has 4 rings (SSSR count). The normalized spacial score (nSPS) is 16.5. The van der Waals surface area contributed by atoms with Crippen LogP contribution in [-0.2, 0) is 16.6 Å². The van der Waals surface area contributed by atoms with Crippen molar-refractivity contribution in [2.24, 2.45) is 0 Å². The predicted molar refractivity (Wildman–Crippen MR) is 106 cm³/mol. The molecule has 138 valence electrons. The Balaban J connectivity index is 1.53. The Morgan fingerprint density at radius 2 is 1.78 bits per heavy atom. The molecule has 2 N–H and O–H groups in total. The molecule has 3 aromatic rings. The molecule has 1 atom stereocenters. The largest absolute Gasteiger partial charge is 0.352 e. The summed E-state index contributed by atoms with van der Waals surface area (Å²) in [4.78, 5) is 24.6. The van der Waals surface area contributed by atoms with Gasteiger partial charge in [-0.2, -0.15) is 5.10 Å². The summed E-state index contributed by atoms with van der Waals surface area (Å²) in [5.74, 6) is -0.0746. The number of nitrogens with one attached hydrogen (secondary N) is 2. The third-order valence-electron chi connectivity index (χ3n) is 5.90. The molecule has 1 aliphatic carbocycles. The van der Waals surface area contributed by atoms with Crippen LogP contribution >= 0.6 is 0 Å². The van der Waals surface area contributed by atoms with Crippen molar-refractivity contribution in [2.45, 2.75) is 44.1 Å². The molecule has 0 aliphatic heterocycles. The Labute approximate surface area is 157 Å². The summed E-state index contributed by atoms with van der Waals surface area (Å²) < 4.78 is 0. The molecule has 1 aromatic heterocycles. The molecule has 27 heavy (non-hydrogen) atoms. The molecule has 0 bridgehead atoms. The second kappa shape index (κ2) is 6.99. The van der Waals surface area contributed by atoms with Gasteiger partial charge in [0.25, 0.3) is 5.56 Å². The van der Waals surface area contributed by atoms with Crippen LogP contribution in [0.3, 0.4) is 0 Å². The van der Waals surface area contributed by atoms with E-state index < -0.39 is 0 Å². The minimum absolute atomic E-state index is 0.0113. The van der Waals surface area contributed by atoms with Gasteiger partial charge in [0.1, 0.15) is 0 Å². The smallest absolute Gasteiger partial charge is 0.272 e. The van der Waals surface area contributed by atoms with Gasteiger partial charge >= 0.3 is 0 Å². The summed E-state index contributed by atoms with van der Waals surface area (Å²) in [5.41, 5.74) is 1.66. The maximum Gasteiger partial charge on any atom is 0.272 e. The van der Waals surface area contributed by atoms with E-state index in [2.05, 4.69) is 46.7 Å². The first-order valence-electron chi connectivity index (χ1n) is 9.41.